The molecule has 1 aromatic rings. The Hall–Kier alpha value is -1.43. The molecule has 0 aliphatic heterocycles. The van der Waals surface area contributed by atoms with E-state index < -0.39 is 15.5 Å². The molecule has 0 bridgehead atoms. The second-order valence-electron chi connectivity index (χ2n) is 3.80. The molecule has 0 aromatic heterocycles. The first kappa shape index (κ1) is 13.6. The van der Waals surface area contributed by atoms with Crippen LogP contribution < -0.4 is 4.74 Å². The Kier molecular flexibility index (Phi) is 3.56. The fourth-order valence-corrected chi connectivity index (χ4v) is 2.32. The van der Waals surface area contributed by atoms with Gasteiger partial charge in [0.1, 0.15) is 10.6 Å². The number of hydrogen-bond acceptors (Lipinski definition) is 4. The van der Waals surface area contributed by atoms with E-state index in [1.807, 2.05) is 0 Å². The van der Waals surface area contributed by atoms with Crippen LogP contribution in [-0.2, 0) is 20.3 Å². The highest BCUT2D eigenvalue weighted by Gasteiger charge is 2.31. The summed E-state index contributed by atoms with van der Waals surface area (Å²) in [6, 6.07) is 4.00. The van der Waals surface area contributed by atoms with E-state index in [4.69, 9.17) is 4.74 Å². The predicted molar refractivity (Wildman–Crippen MR) is 60.6 cm³/mol. The first-order valence-corrected chi connectivity index (χ1v) is 6.66. The van der Waals surface area contributed by atoms with Crippen molar-refractivity contribution in [1.29, 1.82) is 0 Å². The van der Waals surface area contributed by atoms with Gasteiger partial charge < -0.3 is 4.74 Å². The third-order valence-corrected chi connectivity index (χ3v) is 3.45. The van der Waals surface area contributed by atoms with Gasteiger partial charge in [0.15, 0.2) is 21.8 Å². The Morgan fingerprint density at radius 3 is 2.41 bits per heavy atom. The van der Waals surface area contributed by atoms with Crippen LogP contribution in [0.5, 0.6) is 5.75 Å². The lowest BCUT2D eigenvalue weighted by Gasteiger charge is -2.18. The van der Waals surface area contributed by atoms with Crippen LogP contribution in [0.4, 0.5) is 4.39 Å². The van der Waals surface area contributed by atoms with Crippen LogP contribution in [0, 0.1) is 0 Å². The van der Waals surface area contributed by atoms with Crippen molar-refractivity contribution in [3.8, 4) is 5.75 Å². The summed E-state index contributed by atoms with van der Waals surface area (Å²) < 4.78 is 41.8. The number of alkyl halides is 1. The lowest BCUT2D eigenvalue weighted by atomic mass is 9.98. The normalized spacial score (nSPS) is 15.1. The maximum Gasteiger partial charge on any atom is 0.191 e. The molecule has 0 aliphatic carbocycles. The maximum absolute atomic E-state index is 13.9. The molecule has 0 saturated carbocycles. The molecule has 1 rings (SSSR count). The molecule has 0 spiro atoms. The van der Waals surface area contributed by atoms with Crippen LogP contribution in [0.25, 0.3) is 0 Å². The molecule has 1 atom stereocenters. The zero-order valence-electron chi connectivity index (χ0n) is 9.73. The van der Waals surface area contributed by atoms with Crippen molar-refractivity contribution in [3.63, 3.8) is 0 Å². The number of aldehydes is 1. The monoisotopic (exact) mass is 260 g/mol. The molecule has 0 aliphatic rings. The molecule has 1 unspecified atom stereocenters. The summed E-state index contributed by atoms with van der Waals surface area (Å²) in [7, 11) is -2.31. The summed E-state index contributed by atoms with van der Waals surface area (Å²) in [4.78, 5) is 10.5. The predicted octanol–water partition coefficient (Wildman–Crippen LogP) is 1.48. The number of ether oxygens (including phenoxy) is 1. The van der Waals surface area contributed by atoms with Gasteiger partial charge in [-0.15, -0.1) is 0 Å². The molecule has 17 heavy (non-hydrogen) atoms. The van der Waals surface area contributed by atoms with Crippen molar-refractivity contribution in [2.24, 2.45) is 0 Å². The number of halogens is 1. The number of carbonyl (C=O) groups excluding carboxylic acids is 1. The molecule has 0 fully saturated rings. The van der Waals surface area contributed by atoms with Gasteiger partial charge in [-0.2, -0.15) is 0 Å². The van der Waals surface area contributed by atoms with Crippen molar-refractivity contribution in [3.05, 3.63) is 23.8 Å². The number of rotatable bonds is 4. The fourth-order valence-electron chi connectivity index (χ4n) is 1.47. The summed E-state index contributed by atoms with van der Waals surface area (Å²) in [6.07, 6.45) is 1.10. The lowest BCUT2D eigenvalue weighted by Crippen LogP contribution is -2.19. The molecule has 0 N–H and O–H groups in total. The Morgan fingerprint density at radius 2 is 2.00 bits per heavy atom. The summed E-state index contributed by atoms with van der Waals surface area (Å²) in [5.74, 6) is -0.132. The van der Waals surface area contributed by atoms with Gasteiger partial charge in [0.2, 0.25) is 0 Å². The highest BCUT2D eigenvalue weighted by Crippen LogP contribution is 2.36. The lowest BCUT2D eigenvalue weighted by molar-refractivity contribution is -0.117. The first-order chi connectivity index (χ1) is 7.74. The van der Waals surface area contributed by atoms with Crippen molar-refractivity contribution >= 4 is 16.1 Å². The molecule has 0 radical (unpaired) electrons. The molecular weight excluding hydrogens is 247 g/mol. The van der Waals surface area contributed by atoms with E-state index in [1.54, 1.807) is 0 Å². The van der Waals surface area contributed by atoms with Gasteiger partial charge >= 0.3 is 0 Å². The van der Waals surface area contributed by atoms with Crippen molar-refractivity contribution in [1.82, 2.24) is 0 Å². The molecular formula is C11H13FO4S. The average molecular weight is 260 g/mol. The zero-order valence-corrected chi connectivity index (χ0v) is 10.5. The molecule has 6 heteroatoms. The smallest absolute Gasteiger partial charge is 0.191 e. The number of hydrogen-bond donors (Lipinski definition) is 0. The van der Waals surface area contributed by atoms with Gasteiger partial charge in [0.05, 0.1) is 7.11 Å². The molecule has 0 amide bonds. The van der Waals surface area contributed by atoms with Gasteiger partial charge in [0.25, 0.3) is 0 Å². The van der Waals surface area contributed by atoms with Crippen molar-refractivity contribution in [2.75, 3.05) is 13.4 Å². The molecule has 94 valence electrons. The highest BCUT2D eigenvalue weighted by atomic mass is 32.2. The molecule has 4 nitrogen and oxygen atoms in total. The zero-order chi connectivity index (χ0) is 13.3. The summed E-state index contributed by atoms with van der Waals surface area (Å²) >= 11 is 0. The van der Waals surface area contributed by atoms with Crippen LogP contribution in [-0.4, -0.2) is 28.1 Å². The molecule has 0 saturated heterocycles. The molecule has 1 aromatic carbocycles. The van der Waals surface area contributed by atoms with E-state index in [0.717, 1.165) is 13.2 Å². The van der Waals surface area contributed by atoms with E-state index in [9.17, 15) is 17.6 Å². The third-order valence-electron chi connectivity index (χ3n) is 2.33. The fraction of sp³-hybridized carbons (Fsp3) is 0.364. The number of benzene rings is 1. The second kappa shape index (κ2) is 4.44. The van der Waals surface area contributed by atoms with E-state index >= 15 is 0 Å². The van der Waals surface area contributed by atoms with Crippen LogP contribution in [0.1, 0.15) is 12.5 Å². The standard InChI is InChI=1S/C11H13FO4S/c1-11(12,7-13)8-5-4-6-9(10(8)16-2)17(3,14)15/h4-7H,1-3H3. The summed E-state index contributed by atoms with van der Waals surface area (Å²) in [6.45, 7) is 1.05. The van der Waals surface area contributed by atoms with Crippen molar-refractivity contribution in [2.45, 2.75) is 17.5 Å². The van der Waals surface area contributed by atoms with Gasteiger partial charge in [-0.25, -0.2) is 12.8 Å². The van der Waals surface area contributed by atoms with Crippen LogP contribution in [0.3, 0.4) is 0 Å². The minimum absolute atomic E-state index is 0.0991. The summed E-state index contributed by atoms with van der Waals surface area (Å²) in [5, 5.41) is 0. The highest BCUT2D eigenvalue weighted by molar-refractivity contribution is 7.90. The van der Waals surface area contributed by atoms with Crippen molar-refractivity contribution < 1.29 is 22.3 Å². The number of methoxy groups -OCH3 is 1. The number of para-hydroxylation sites is 1. The number of sulfone groups is 1. The Bertz CT molecular complexity index is 534. The third kappa shape index (κ3) is 2.63. The minimum atomic E-state index is -3.54. The van der Waals surface area contributed by atoms with Crippen LogP contribution in [0.2, 0.25) is 0 Å². The quantitative estimate of drug-likeness (QED) is 0.769. The van der Waals surface area contributed by atoms with Gasteiger partial charge in [-0.3, -0.25) is 4.79 Å². The average Bonchev–Trinajstić information content (AvgIpc) is 2.26. The Morgan fingerprint density at radius 1 is 1.41 bits per heavy atom. The van der Waals surface area contributed by atoms with Crippen LogP contribution >= 0.6 is 0 Å². The first-order valence-electron chi connectivity index (χ1n) is 4.77. The van der Waals surface area contributed by atoms with Gasteiger partial charge in [-0.1, -0.05) is 12.1 Å². The Balaban J connectivity index is 3.61. The maximum atomic E-state index is 13.9. The van der Waals surface area contributed by atoms with E-state index in [0.29, 0.717) is 0 Å². The summed E-state index contributed by atoms with van der Waals surface area (Å²) in [5.41, 5.74) is -2.38. The van der Waals surface area contributed by atoms with Crippen LogP contribution in [0.15, 0.2) is 23.1 Å². The minimum Gasteiger partial charge on any atom is -0.495 e. The number of carbonyl (C=O) groups is 1. The SMILES string of the molecule is COc1c(C(C)(F)C=O)cccc1S(C)(=O)=O. The topological polar surface area (TPSA) is 60.4 Å². The second-order valence-corrected chi connectivity index (χ2v) is 5.79. The van der Waals surface area contributed by atoms with E-state index in [2.05, 4.69) is 0 Å². The Labute approximate surface area is 99.3 Å². The van der Waals surface area contributed by atoms with E-state index in [-0.39, 0.29) is 22.5 Å². The molecule has 0 heterocycles. The van der Waals surface area contributed by atoms with Gasteiger partial charge in [0, 0.05) is 11.8 Å². The van der Waals surface area contributed by atoms with E-state index in [1.165, 1.54) is 25.3 Å². The largest absolute Gasteiger partial charge is 0.495 e. The van der Waals surface area contributed by atoms with Gasteiger partial charge in [-0.05, 0) is 13.0 Å².